The van der Waals surface area contributed by atoms with E-state index in [1.165, 1.54) is 24.0 Å². The molecule has 0 radical (unpaired) electrons. The summed E-state index contributed by atoms with van der Waals surface area (Å²) in [5.74, 6) is 0.958. The Bertz CT molecular complexity index is 462. The van der Waals surface area contributed by atoms with Gasteiger partial charge in [0.15, 0.2) is 0 Å². The Balaban J connectivity index is 1.68. The largest absolute Gasteiger partial charge is 0.494 e. The number of unbranched alkanes of at least 4 members (excludes halogenated alkanes) is 2. The maximum Gasteiger partial charge on any atom is 0.119 e. The standard InChI is InChI=1S/C17H23NO2/c1-2-3-4-10-20-17-7-5-15(6-8-17)12-18-13-16-9-11-19-14-16/h5-9,11,14,18H,2-4,10,12-13H2,1H3. The first-order valence-corrected chi connectivity index (χ1v) is 7.32. The van der Waals surface area contributed by atoms with Crippen LogP contribution in [0.1, 0.15) is 37.3 Å². The first kappa shape index (κ1) is 14.7. The van der Waals surface area contributed by atoms with Crippen molar-refractivity contribution in [3.8, 4) is 5.75 Å². The zero-order chi connectivity index (χ0) is 14.0. The molecule has 0 fully saturated rings. The molecule has 3 nitrogen and oxygen atoms in total. The van der Waals surface area contributed by atoms with Crippen LogP contribution in [0.4, 0.5) is 0 Å². The van der Waals surface area contributed by atoms with Crippen molar-refractivity contribution in [2.75, 3.05) is 6.61 Å². The molecule has 1 N–H and O–H groups in total. The quantitative estimate of drug-likeness (QED) is 0.697. The molecule has 20 heavy (non-hydrogen) atoms. The second kappa shape index (κ2) is 8.43. The lowest BCUT2D eigenvalue weighted by Gasteiger charge is -2.07. The molecule has 0 atom stereocenters. The van der Waals surface area contributed by atoms with Gasteiger partial charge in [0.25, 0.3) is 0 Å². The first-order chi connectivity index (χ1) is 9.88. The van der Waals surface area contributed by atoms with Gasteiger partial charge in [0.2, 0.25) is 0 Å². The fourth-order valence-electron chi connectivity index (χ4n) is 1.99. The molecule has 1 heterocycles. The Hall–Kier alpha value is -1.74. The van der Waals surface area contributed by atoms with E-state index in [2.05, 4.69) is 24.4 Å². The van der Waals surface area contributed by atoms with Crippen LogP contribution in [0.25, 0.3) is 0 Å². The smallest absolute Gasteiger partial charge is 0.119 e. The lowest BCUT2D eigenvalue weighted by Crippen LogP contribution is -2.11. The highest BCUT2D eigenvalue weighted by atomic mass is 16.5. The maximum absolute atomic E-state index is 5.69. The van der Waals surface area contributed by atoms with Crippen LogP contribution in [0.2, 0.25) is 0 Å². The number of ether oxygens (including phenoxy) is 1. The third-order valence-corrected chi connectivity index (χ3v) is 3.18. The zero-order valence-corrected chi connectivity index (χ0v) is 12.1. The number of benzene rings is 1. The van der Waals surface area contributed by atoms with Crippen LogP contribution >= 0.6 is 0 Å². The van der Waals surface area contributed by atoms with Crippen molar-refractivity contribution in [2.45, 2.75) is 39.3 Å². The van der Waals surface area contributed by atoms with Crippen molar-refractivity contribution in [2.24, 2.45) is 0 Å². The highest BCUT2D eigenvalue weighted by Crippen LogP contribution is 2.13. The molecule has 0 aliphatic rings. The van der Waals surface area contributed by atoms with Gasteiger partial charge in [-0.25, -0.2) is 0 Å². The van der Waals surface area contributed by atoms with Gasteiger partial charge in [0, 0.05) is 18.7 Å². The minimum absolute atomic E-state index is 0.811. The van der Waals surface area contributed by atoms with Crippen molar-refractivity contribution in [1.29, 1.82) is 0 Å². The Kier molecular flexibility index (Phi) is 6.18. The van der Waals surface area contributed by atoms with Gasteiger partial charge in [-0.15, -0.1) is 0 Å². The van der Waals surface area contributed by atoms with Crippen molar-refractivity contribution in [1.82, 2.24) is 5.32 Å². The Morgan fingerprint density at radius 1 is 1.00 bits per heavy atom. The number of hydrogen-bond acceptors (Lipinski definition) is 3. The predicted molar refractivity (Wildman–Crippen MR) is 80.7 cm³/mol. The molecule has 3 heteroatoms. The average Bonchev–Trinajstić information content (AvgIpc) is 2.98. The highest BCUT2D eigenvalue weighted by molar-refractivity contribution is 5.27. The first-order valence-electron chi connectivity index (χ1n) is 7.32. The lowest BCUT2D eigenvalue weighted by molar-refractivity contribution is 0.306. The van der Waals surface area contributed by atoms with E-state index in [1.54, 1.807) is 12.5 Å². The molecule has 1 aromatic heterocycles. The highest BCUT2D eigenvalue weighted by Gasteiger charge is 1.97. The normalized spacial score (nSPS) is 10.7. The average molecular weight is 273 g/mol. The van der Waals surface area contributed by atoms with Crippen LogP contribution in [0, 0.1) is 0 Å². The molecule has 108 valence electrons. The third kappa shape index (κ3) is 5.10. The van der Waals surface area contributed by atoms with Gasteiger partial charge in [0.1, 0.15) is 5.75 Å². The van der Waals surface area contributed by atoms with Crippen LogP contribution in [-0.4, -0.2) is 6.61 Å². The molecule has 0 saturated heterocycles. The van der Waals surface area contributed by atoms with Gasteiger partial charge in [-0.2, -0.15) is 0 Å². The maximum atomic E-state index is 5.69. The number of hydrogen-bond donors (Lipinski definition) is 1. The van der Waals surface area contributed by atoms with Crippen molar-refractivity contribution >= 4 is 0 Å². The molecule has 0 aliphatic carbocycles. The van der Waals surface area contributed by atoms with E-state index in [9.17, 15) is 0 Å². The van der Waals surface area contributed by atoms with Gasteiger partial charge in [-0.1, -0.05) is 31.9 Å². The third-order valence-electron chi connectivity index (χ3n) is 3.18. The predicted octanol–water partition coefficient (Wildman–Crippen LogP) is 4.14. The van der Waals surface area contributed by atoms with Crippen molar-refractivity contribution in [3.05, 3.63) is 54.0 Å². The van der Waals surface area contributed by atoms with Crippen LogP contribution in [0.15, 0.2) is 47.3 Å². The summed E-state index contributed by atoms with van der Waals surface area (Å²) in [4.78, 5) is 0. The summed E-state index contributed by atoms with van der Waals surface area (Å²) in [7, 11) is 0. The van der Waals surface area contributed by atoms with Crippen molar-refractivity contribution < 1.29 is 9.15 Å². The second-order valence-corrected chi connectivity index (χ2v) is 4.93. The minimum Gasteiger partial charge on any atom is -0.494 e. The molecule has 0 bridgehead atoms. The Labute approximate surface area is 121 Å². The summed E-state index contributed by atoms with van der Waals surface area (Å²) in [5.41, 5.74) is 2.43. The molecule has 0 saturated carbocycles. The fraction of sp³-hybridized carbons (Fsp3) is 0.412. The van der Waals surface area contributed by atoms with Crippen molar-refractivity contribution in [3.63, 3.8) is 0 Å². The molecule has 2 rings (SSSR count). The van der Waals surface area contributed by atoms with E-state index in [0.717, 1.165) is 31.9 Å². The van der Waals surface area contributed by atoms with Gasteiger partial charge in [0.05, 0.1) is 19.1 Å². The molecular weight excluding hydrogens is 250 g/mol. The number of furan rings is 1. The van der Waals surface area contributed by atoms with Crippen LogP contribution < -0.4 is 10.1 Å². The van der Waals surface area contributed by atoms with E-state index in [0.29, 0.717) is 0 Å². The summed E-state index contributed by atoms with van der Waals surface area (Å²) < 4.78 is 10.7. The zero-order valence-electron chi connectivity index (χ0n) is 12.1. The molecule has 0 unspecified atom stereocenters. The molecule has 0 amide bonds. The Morgan fingerprint density at radius 2 is 1.80 bits per heavy atom. The van der Waals surface area contributed by atoms with E-state index < -0.39 is 0 Å². The molecule has 0 spiro atoms. The monoisotopic (exact) mass is 273 g/mol. The molecular formula is C17H23NO2. The summed E-state index contributed by atoms with van der Waals surface area (Å²) in [5, 5.41) is 3.38. The van der Waals surface area contributed by atoms with Gasteiger partial charge in [-0.3, -0.25) is 0 Å². The van der Waals surface area contributed by atoms with E-state index in [4.69, 9.17) is 9.15 Å². The van der Waals surface area contributed by atoms with Crippen LogP contribution in [0.3, 0.4) is 0 Å². The summed E-state index contributed by atoms with van der Waals surface area (Å²) in [6, 6.07) is 10.3. The second-order valence-electron chi connectivity index (χ2n) is 4.93. The van der Waals surface area contributed by atoms with Gasteiger partial charge < -0.3 is 14.5 Å². The van der Waals surface area contributed by atoms with Gasteiger partial charge >= 0.3 is 0 Å². The number of nitrogens with one attached hydrogen (secondary N) is 1. The lowest BCUT2D eigenvalue weighted by atomic mass is 10.2. The molecule has 0 aliphatic heterocycles. The SMILES string of the molecule is CCCCCOc1ccc(CNCc2ccoc2)cc1. The Morgan fingerprint density at radius 3 is 2.50 bits per heavy atom. The topological polar surface area (TPSA) is 34.4 Å². The minimum atomic E-state index is 0.811. The molecule has 2 aromatic rings. The van der Waals surface area contributed by atoms with E-state index >= 15 is 0 Å². The number of rotatable bonds is 9. The fourth-order valence-corrected chi connectivity index (χ4v) is 1.99. The summed E-state index contributed by atoms with van der Waals surface area (Å²) in [6.45, 7) is 4.68. The van der Waals surface area contributed by atoms with E-state index in [1.807, 2.05) is 18.2 Å². The van der Waals surface area contributed by atoms with Gasteiger partial charge in [-0.05, 0) is 30.2 Å². The summed E-state index contributed by atoms with van der Waals surface area (Å²) in [6.07, 6.45) is 7.05. The van der Waals surface area contributed by atoms with Crippen LogP contribution in [-0.2, 0) is 13.1 Å². The van der Waals surface area contributed by atoms with Crippen LogP contribution in [0.5, 0.6) is 5.75 Å². The summed E-state index contributed by atoms with van der Waals surface area (Å²) >= 11 is 0. The molecule has 1 aromatic carbocycles. The van der Waals surface area contributed by atoms with E-state index in [-0.39, 0.29) is 0 Å².